The van der Waals surface area contributed by atoms with Gasteiger partial charge in [-0.3, -0.25) is 4.79 Å². The third-order valence-corrected chi connectivity index (χ3v) is 7.19. The first kappa shape index (κ1) is 26.3. The molecule has 0 bridgehead atoms. The number of rotatable bonds is 5. The van der Waals surface area contributed by atoms with Crippen LogP contribution in [0.25, 0.3) is 0 Å². The van der Waals surface area contributed by atoms with E-state index in [0.717, 1.165) is 6.07 Å². The molecule has 3 rings (SSSR count). The van der Waals surface area contributed by atoms with Crippen LogP contribution in [0.4, 0.5) is 22.0 Å². The summed E-state index contributed by atoms with van der Waals surface area (Å²) in [7, 11) is -4.35. The molecule has 1 atom stereocenters. The summed E-state index contributed by atoms with van der Waals surface area (Å²) in [5.41, 5.74) is -4.10. The fourth-order valence-corrected chi connectivity index (χ4v) is 4.94. The number of halogens is 6. The Balaban J connectivity index is 2.09. The maximum Gasteiger partial charge on any atom is 0.417 e. The van der Waals surface area contributed by atoms with Crippen molar-refractivity contribution in [3.8, 4) is 0 Å². The van der Waals surface area contributed by atoms with Gasteiger partial charge in [0.25, 0.3) is 5.91 Å². The van der Waals surface area contributed by atoms with Gasteiger partial charge in [0.15, 0.2) is 9.84 Å². The predicted molar refractivity (Wildman–Crippen MR) is 112 cm³/mol. The first-order valence-corrected chi connectivity index (χ1v) is 12.3. The van der Waals surface area contributed by atoms with E-state index in [0.29, 0.717) is 12.5 Å². The molecule has 1 fully saturated rings. The summed E-state index contributed by atoms with van der Waals surface area (Å²) in [6, 6.07) is 2.45. The normalized spacial score (nSPS) is 22.3. The average molecular weight is 527 g/mol. The fraction of sp³-hybridized carbons (Fsp3) is 0.429. The smallest absolute Gasteiger partial charge is 0.387 e. The molecule has 1 aliphatic carbocycles. The fourth-order valence-electron chi connectivity index (χ4n) is 3.87. The molecule has 1 aromatic carbocycles. The number of pyridine rings is 1. The lowest BCUT2D eigenvalue weighted by Crippen LogP contribution is -2.49. The van der Waals surface area contributed by atoms with E-state index in [1.807, 2.05) is 0 Å². The van der Waals surface area contributed by atoms with Crippen molar-refractivity contribution in [2.24, 2.45) is 0 Å². The van der Waals surface area contributed by atoms with Crippen LogP contribution in [0.5, 0.6) is 0 Å². The highest BCUT2D eigenvalue weighted by Crippen LogP contribution is 2.42. The van der Waals surface area contributed by atoms with Gasteiger partial charge in [0.2, 0.25) is 0 Å². The van der Waals surface area contributed by atoms with Crippen LogP contribution in [-0.4, -0.2) is 42.4 Å². The quantitative estimate of drug-likeness (QED) is 0.563. The number of nitrogens with zero attached hydrogens (tertiary/aromatic N) is 1. The van der Waals surface area contributed by atoms with Gasteiger partial charge in [-0.25, -0.2) is 22.2 Å². The van der Waals surface area contributed by atoms with Crippen molar-refractivity contribution in [3.63, 3.8) is 0 Å². The number of carbonyl (C=O) groups excluding carboxylic acids is 1. The predicted octanol–water partition coefficient (Wildman–Crippen LogP) is 4.41. The van der Waals surface area contributed by atoms with E-state index < -0.39 is 66.7 Å². The lowest BCUT2D eigenvalue weighted by Gasteiger charge is -2.41. The molecule has 0 saturated heterocycles. The zero-order valence-corrected chi connectivity index (χ0v) is 19.2. The molecule has 1 aromatic heterocycles. The van der Waals surface area contributed by atoms with E-state index in [2.05, 4.69) is 10.3 Å². The van der Waals surface area contributed by atoms with Crippen LogP contribution in [0.2, 0.25) is 5.02 Å². The Labute approximate surface area is 197 Å². The Morgan fingerprint density at radius 1 is 1.29 bits per heavy atom. The van der Waals surface area contributed by atoms with Crippen LogP contribution < -0.4 is 5.32 Å². The molecule has 186 valence electrons. The molecule has 1 saturated carbocycles. The first-order chi connectivity index (χ1) is 15.6. The summed E-state index contributed by atoms with van der Waals surface area (Å²) in [5, 5.41) is 13.1. The molecule has 6 nitrogen and oxygen atoms in total. The second kappa shape index (κ2) is 9.38. The number of alkyl halides is 4. The summed E-state index contributed by atoms with van der Waals surface area (Å²) in [4.78, 5) is 15.5. The number of aromatic nitrogens is 1. The van der Waals surface area contributed by atoms with E-state index in [1.54, 1.807) is 0 Å². The highest BCUT2D eigenvalue weighted by Gasteiger charge is 2.44. The first-order valence-electron chi connectivity index (χ1n) is 10.0. The highest BCUT2D eigenvalue weighted by molar-refractivity contribution is 7.90. The second-order valence-corrected chi connectivity index (χ2v) is 10.5. The Morgan fingerprint density at radius 2 is 1.91 bits per heavy atom. The third-order valence-electron chi connectivity index (χ3n) is 5.68. The minimum absolute atomic E-state index is 0.0665. The molecule has 0 radical (unpaired) electrons. The van der Waals surface area contributed by atoms with Crippen LogP contribution in [0.15, 0.2) is 35.4 Å². The third kappa shape index (κ3) is 5.49. The molecule has 13 heteroatoms. The summed E-state index contributed by atoms with van der Waals surface area (Å²) < 4.78 is 91.4. The minimum Gasteiger partial charge on any atom is -0.387 e. The summed E-state index contributed by atoms with van der Waals surface area (Å²) in [6.45, 7) is 0. The van der Waals surface area contributed by atoms with Gasteiger partial charge in [-0.2, -0.15) is 13.2 Å². The van der Waals surface area contributed by atoms with E-state index >= 15 is 0 Å². The Kier molecular flexibility index (Phi) is 7.26. The van der Waals surface area contributed by atoms with Crippen molar-refractivity contribution in [1.29, 1.82) is 0 Å². The highest BCUT2D eigenvalue weighted by atomic mass is 35.5. The number of nitrogens with one attached hydrogen (secondary N) is 1. The minimum atomic E-state index is -4.92. The zero-order chi connectivity index (χ0) is 25.5. The van der Waals surface area contributed by atoms with Gasteiger partial charge in [0.1, 0.15) is 17.7 Å². The molecular formula is C21H20ClF5N2O4S. The van der Waals surface area contributed by atoms with Crippen LogP contribution in [0, 0.1) is 5.82 Å². The summed E-state index contributed by atoms with van der Waals surface area (Å²) >= 11 is 6.05. The Morgan fingerprint density at radius 3 is 2.47 bits per heavy atom. The van der Waals surface area contributed by atoms with Gasteiger partial charge in [0.05, 0.1) is 27.1 Å². The number of hydrogen-bond acceptors (Lipinski definition) is 5. The molecule has 1 aliphatic rings. The van der Waals surface area contributed by atoms with Crippen LogP contribution in [-0.2, 0) is 16.0 Å². The van der Waals surface area contributed by atoms with Gasteiger partial charge in [-0.05, 0) is 43.4 Å². The molecular weight excluding hydrogens is 507 g/mol. The molecule has 1 amide bonds. The molecule has 34 heavy (non-hydrogen) atoms. The van der Waals surface area contributed by atoms with Crippen LogP contribution >= 0.6 is 11.6 Å². The van der Waals surface area contributed by atoms with Crippen molar-refractivity contribution < 1.29 is 40.3 Å². The van der Waals surface area contributed by atoms with Gasteiger partial charge in [-0.15, -0.1) is 0 Å². The van der Waals surface area contributed by atoms with Gasteiger partial charge in [0, 0.05) is 12.5 Å². The standard InChI is InChI=1S/C21H20ClF5N2O4S/c1-34(32,33)15-9-11(21(25,26)27)10-28-17(15)19(30)29-18(13-3-2-4-14(24)16(13)22)20(31)7-5-12(23)6-8-20/h2-4,9-10,12,18,31H,5-8H2,1H3,(H,29,30). The topological polar surface area (TPSA) is 96.4 Å². The molecule has 1 heterocycles. The Bertz CT molecular complexity index is 1200. The van der Waals surface area contributed by atoms with Crippen molar-refractivity contribution in [1.82, 2.24) is 10.3 Å². The zero-order valence-electron chi connectivity index (χ0n) is 17.7. The van der Waals surface area contributed by atoms with Gasteiger partial charge >= 0.3 is 6.18 Å². The largest absolute Gasteiger partial charge is 0.417 e. The Hall–Kier alpha value is -2.31. The van der Waals surface area contributed by atoms with Crippen LogP contribution in [0.3, 0.4) is 0 Å². The summed E-state index contributed by atoms with van der Waals surface area (Å²) in [6.07, 6.45) is -5.63. The number of aliphatic hydroxyl groups is 1. The lowest BCUT2D eigenvalue weighted by molar-refractivity contribution is -0.138. The number of carbonyl (C=O) groups is 1. The van der Waals surface area contributed by atoms with E-state index in [9.17, 15) is 40.3 Å². The number of benzene rings is 1. The average Bonchev–Trinajstić information content (AvgIpc) is 2.74. The van der Waals surface area contributed by atoms with E-state index in [-0.39, 0.29) is 37.3 Å². The SMILES string of the molecule is CS(=O)(=O)c1cc(C(F)(F)F)cnc1C(=O)NC(c1cccc(F)c1Cl)C1(O)CCC(F)CC1. The van der Waals surface area contributed by atoms with Gasteiger partial charge in [-0.1, -0.05) is 23.7 Å². The molecule has 2 aromatic rings. The lowest BCUT2D eigenvalue weighted by atomic mass is 9.76. The van der Waals surface area contributed by atoms with Crippen molar-refractivity contribution in [2.45, 2.75) is 54.6 Å². The molecule has 2 N–H and O–H groups in total. The van der Waals surface area contributed by atoms with Crippen molar-refractivity contribution >= 4 is 27.3 Å². The van der Waals surface area contributed by atoms with E-state index in [4.69, 9.17) is 11.6 Å². The monoisotopic (exact) mass is 526 g/mol. The molecule has 0 spiro atoms. The van der Waals surface area contributed by atoms with Crippen molar-refractivity contribution in [2.75, 3.05) is 6.26 Å². The maximum atomic E-state index is 14.1. The van der Waals surface area contributed by atoms with Crippen molar-refractivity contribution in [3.05, 3.63) is 58.1 Å². The van der Waals surface area contributed by atoms with E-state index in [1.165, 1.54) is 12.1 Å². The molecule has 1 unspecified atom stereocenters. The number of sulfone groups is 1. The summed E-state index contributed by atoms with van der Waals surface area (Å²) in [5.74, 6) is -2.11. The number of hydrogen-bond donors (Lipinski definition) is 2. The van der Waals surface area contributed by atoms with Crippen LogP contribution in [0.1, 0.15) is 53.3 Å². The number of amides is 1. The molecule has 0 aliphatic heterocycles. The van der Waals surface area contributed by atoms with Gasteiger partial charge < -0.3 is 10.4 Å². The maximum absolute atomic E-state index is 14.1. The second-order valence-electron chi connectivity index (χ2n) is 8.17.